The summed E-state index contributed by atoms with van der Waals surface area (Å²) in [5.74, 6) is 0.172. The van der Waals surface area contributed by atoms with Crippen LogP contribution in [-0.2, 0) is 4.79 Å². The number of amides is 1. The number of hydrogen-bond acceptors (Lipinski definition) is 4. The Morgan fingerprint density at radius 2 is 1.79 bits per heavy atom. The maximum atomic E-state index is 12.5. The SMILES string of the molecule is COc1cccc(C(O)C(=O)NC(CN(C)C)c2ccccc2)c1. The zero-order valence-corrected chi connectivity index (χ0v) is 14.3. The van der Waals surface area contributed by atoms with Crippen molar-refractivity contribution in [2.75, 3.05) is 27.7 Å². The Balaban J connectivity index is 2.14. The molecule has 0 heterocycles. The van der Waals surface area contributed by atoms with E-state index in [2.05, 4.69) is 5.32 Å². The van der Waals surface area contributed by atoms with Crippen LogP contribution in [0.25, 0.3) is 0 Å². The highest BCUT2D eigenvalue weighted by molar-refractivity contribution is 5.82. The number of aliphatic hydroxyl groups excluding tert-OH is 1. The number of carbonyl (C=O) groups excluding carboxylic acids is 1. The molecule has 2 rings (SSSR count). The molecule has 5 nitrogen and oxygen atoms in total. The van der Waals surface area contributed by atoms with E-state index in [1.54, 1.807) is 31.4 Å². The maximum Gasteiger partial charge on any atom is 0.254 e. The first-order valence-corrected chi connectivity index (χ1v) is 7.83. The van der Waals surface area contributed by atoms with Crippen molar-refractivity contribution in [2.45, 2.75) is 12.1 Å². The summed E-state index contributed by atoms with van der Waals surface area (Å²) in [7, 11) is 5.44. The van der Waals surface area contributed by atoms with Gasteiger partial charge in [0.1, 0.15) is 5.75 Å². The van der Waals surface area contributed by atoms with Crippen LogP contribution in [0.1, 0.15) is 23.3 Å². The van der Waals surface area contributed by atoms with Crippen molar-refractivity contribution in [3.8, 4) is 5.75 Å². The van der Waals surface area contributed by atoms with E-state index >= 15 is 0 Å². The molecular weight excluding hydrogens is 304 g/mol. The number of hydrogen-bond donors (Lipinski definition) is 2. The summed E-state index contributed by atoms with van der Waals surface area (Å²) in [6.07, 6.45) is -1.24. The van der Waals surface area contributed by atoms with E-state index < -0.39 is 12.0 Å². The van der Waals surface area contributed by atoms with Crippen molar-refractivity contribution in [1.82, 2.24) is 10.2 Å². The van der Waals surface area contributed by atoms with Gasteiger partial charge in [0.25, 0.3) is 5.91 Å². The van der Waals surface area contributed by atoms with Crippen molar-refractivity contribution in [2.24, 2.45) is 0 Å². The summed E-state index contributed by atoms with van der Waals surface area (Å²) >= 11 is 0. The number of nitrogens with one attached hydrogen (secondary N) is 1. The number of ether oxygens (including phenoxy) is 1. The molecule has 0 aliphatic rings. The maximum absolute atomic E-state index is 12.5. The Labute approximate surface area is 142 Å². The molecular formula is C19H24N2O3. The minimum absolute atomic E-state index is 0.200. The van der Waals surface area contributed by atoms with E-state index in [1.807, 2.05) is 49.3 Å². The lowest BCUT2D eigenvalue weighted by Crippen LogP contribution is -2.38. The number of nitrogens with zero attached hydrogens (tertiary/aromatic N) is 1. The Morgan fingerprint density at radius 1 is 1.12 bits per heavy atom. The van der Waals surface area contributed by atoms with E-state index in [-0.39, 0.29) is 6.04 Å². The van der Waals surface area contributed by atoms with Crippen LogP contribution >= 0.6 is 0 Å². The topological polar surface area (TPSA) is 61.8 Å². The summed E-state index contributed by atoms with van der Waals surface area (Å²) < 4.78 is 5.14. The molecule has 0 fully saturated rings. The van der Waals surface area contributed by atoms with Gasteiger partial charge in [0.15, 0.2) is 6.10 Å². The molecule has 1 amide bonds. The predicted octanol–water partition coefficient (Wildman–Crippen LogP) is 2.15. The van der Waals surface area contributed by atoms with Gasteiger partial charge < -0.3 is 20.1 Å². The molecule has 2 aromatic rings. The van der Waals surface area contributed by atoms with Crippen LogP contribution < -0.4 is 10.1 Å². The number of carbonyl (C=O) groups is 1. The fourth-order valence-corrected chi connectivity index (χ4v) is 2.50. The zero-order chi connectivity index (χ0) is 17.5. The van der Waals surface area contributed by atoms with Crippen LogP contribution in [0.2, 0.25) is 0 Å². The smallest absolute Gasteiger partial charge is 0.254 e. The van der Waals surface area contributed by atoms with Crippen molar-refractivity contribution in [3.63, 3.8) is 0 Å². The minimum atomic E-state index is -1.24. The summed E-state index contributed by atoms with van der Waals surface area (Å²) in [6.45, 7) is 0.639. The third-order valence-corrected chi connectivity index (χ3v) is 3.72. The summed E-state index contributed by atoms with van der Waals surface area (Å²) in [5.41, 5.74) is 1.50. The van der Waals surface area contributed by atoms with Gasteiger partial charge >= 0.3 is 0 Å². The first-order valence-electron chi connectivity index (χ1n) is 7.83. The number of likely N-dealkylation sites (N-methyl/N-ethyl adjacent to an activating group) is 1. The van der Waals surface area contributed by atoms with Gasteiger partial charge in [-0.1, -0.05) is 42.5 Å². The molecule has 0 spiro atoms. The quantitative estimate of drug-likeness (QED) is 0.817. The Morgan fingerprint density at radius 3 is 2.42 bits per heavy atom. The highest BCUT2D eigenvalue weighted by atomic mass is 16.5. The second-order valence-corrected chi connectivity index (χ2v) is 5.91. The fourth-order valence-electron chi connectivity index (χ4n) is 2.50. The third kappa shape index (κ3) is 4.81. The van der Waals surface area contributed by atoms with Gasteiger partial charge in [-0.15, -0.1) is 0 Å². The molecule has 0 bridgehead atoms. The zero-order valence-electron chi connectivity index (χ0n) is 14.3. The third-order valence-electron chi connectivity index (χ3n) is 3.72. The molecule has 0 saturated heterocycles. The number of methoxy groups -OCH3 is 1. The van der Waals surface area contributed by atoms with Crippen LogP contribution in [0.4, 0.5) is 0 Å². The second-order valence-electron chi connectivity index (χ2n) is 5.91. The summed E-state index contributed by atoms with van der Waals surface area (Å²) in [4.78, 5) is 14.5. The van der Waals surface area contributed by atoms with Crippen LogP contribution in [0, 0.1) is 0 Å². The van der Waals surface area contributed by atoms with Gasteiger partial charge in [-0.2, -0.15) is 0 Å². The number of rotatable bonds is 7. The van der Waals surface area contributed by atoms with Gasteiger partial charge in [-0.3, -0.25) is 4.79 Å². The summed E-state index contributed by atoms with van der Waals surface area (Å²) in [5, 5.41) is 13.3. The van der Waals surface area contributed by atoms with Gasteiger partial charge in [-0.05, 0) is 37.4 Å². The molecule has 0 radical (unpaired) electrons. The molecule has 2 aromatic carbocycles. The molecule has 5 heteroatoms. The monoisotopic (exact) mass is 328 g/mol. The highest BCUT2D eigenvalue weighted by Gasteiger charge is 2.22. The molecule has 0 aromatic heterocycles. The molecule has 2 unspecified atom stereocenters. The normalized spacial score (nSPS) is 13.4. The second kappa shape index (κ2) is 8.47. The van der Waals surface area contributed by atoms with E-state index in [1.165, 1.54) is 0 Å². The average molecular weight is 328 g/mol. The van der Waals surface area contributed by atoms with Crippen LogP contribution in [-0.4, -0.2) is 43.7 Å². The van der Waals surface area contributed by atoms with Crippen molar-refractivity contribution in [1.29, 1.82) is 0 Å². The van der Waals surface area contributed by atoms with Crippen LogP contribution in [0.5, 0.6) is 5.75 Å². The minimum Gasteiger partial charge on any atom is -0.497 e. The van der Waals surface area contributed by atoms with Gasteiger partial charge in [0, 0.05) is 6.54 Å². The lowest BCUT2D eigenvalue weighted by Gasteiger charge is -2.24. The van der Waals surface area contributed by atoms with E-state index in [4.69, 9.17) is 4.74 Å². The number of aliphatic hydroxyl groups is 1. The molecule has 24 heavy (non-hydrogen) atoms. The van der Waals surface area contributed by atoms with Crippen molar-refractivity contribution in [3.05, 3.63) is 65.7 Å². The lowest BCUT2D eigenvalue weighted by molar-refractivity contribution is -0.130. The largest absolute Gasteiger partial charge is 0.497 e. The van der Waals surface area contributed by atoms with Crippen LogP contribution in [0.15, 0.2) is 54.6 Å². The first-order chi connectivity index (χ1) is 11.5. The predicted molar refractivity (Wildman–Crippen MR) is 93.8 cm³/mol. The Kier molecular flexibility index (Phi) is 6.35. The van der Waals surface area contributed by atoms with E-state index in [0.29, 0.717) is 17.9 Å². The van der Waals surface area contributed by atoms with Gasteiger partial charge in [0.2, 0.25) is 0 Å². The average Bonchev–Trinajstić information content (AvgIpc) is 2.60. The molecule has 128 valence electrons. The molecule has 2 atom stereocenters. The molecule has 2 N–H and O–H groups in total. The van der Waals surface area contributed by atoms with Crippen molar-refractivity contribution < 1.29 is 14.6 Å². The summed E-state index contributed by atoms with van der Waals surface area (Å²) in [6, 6.07) is 16.4. The van der Waals surface area contributed by atoms with Crippen molar-refractivity contribution >= 4 is 5.91 Å². The lowest BCUT2D eigenvalue weighted by atomic mass is 10.0. The van der Waals surface area contributed by atoms with E-state index in [0.717, 1.165) is 5.56 Å². The van der Waals surface area contributed by atoms with Gasteiger partial charge in [0.05, 0.1) is 13.2 Å². The van der Waals surface area contributed by atoms with E-state index in [9.17, 15) is 9.90 Å². The van der Waals surface area contributed by atoms with Crippen LogP contribution in [0.3, 0.4) is 0 Å². The Bertz CT molecular complexity index is 659. The standard InChI is InChI=1S/C19H24N2O3/c1-21(2)13-17(14-8-5-4-6-9-14)20-19(23)18(22)15-10-7-11-16(12-15)24-3/h4-12,17-18,22H,13H2,1-3H3,(H,20,23). The first kappa shape index (κ1) is 18.0. The number of benzene rings is 2. The molecule has 0 aliphatic carbocycles. The molecule has 0 saturated carbocycles. The fraction of sp³-hybridized carbons (Fsp3) is 0.316. The van der Waals surface area contributed by atoms with Gasteiger partial charge in [-0.25, -0.2) is 0 Å². The highest BCUT2D eigenvalue weighted by Crippen LogP contribution is 2.21. The Hall–Kier alpha value is -2.37. The molecule has 0 aliphatic heterocycles.